The predicted molar refractivity (Wildman–Crippen MR) is 65.3 cm³/mol. The summed E-state index contributed by atoms with van der Waals surface area (Å²) in [5.41, 5.74) is 2.50. The van der Waals surface area contributed by atoms with Crippen molar-refractivity contribution in [2.24, 2.45) is 0 Å². The Labute approximate surface area is 99.0 Å². The molecule has 1 aromatic rings. The van der Waals surface area contributed by atoms with E-state index in [4.69, 9.17) is 0 Å². The summed E-state index contributed by atoms with van der Waals surface area (Å²) in [7, 11) is 0. The normalized spacial score (nSPS) is 21.7. The van der Waals surface area contributed by atoms with Crippen molar-refractivity contribution in [3.63, 3.8) is 0 Å². The molecule has 0 radical (unpaired) electrons. The summed E-state index contributed by atoms with van der Waals surface area (Å²) in [6.07, 6.45) is 4.06. The average molecular weight is 267 g/mol. The maximum absolute atomic E-state index is 11.8. The lowest BCUT2D eigenvalue weighted by molar-refractivity contribution is -0.121. The number of rotatable bonds is 2. The van der Waals surface area contributed by atoms with E-state index in [2.05, 4.69) is 28.1 Å². The number of hydrogen-bond acceptors (Lipinski definition) is 1. The van der Waals surface area contributed by atoms with Gasteiger partial charge in [0.15, 0.2) is 0 Å². The Morgan fingerprint density at radius 1 is 1.27 bits per heavy atom. The van der Waals surface area contributed by atoms with Crippen molar-refractivity contribution < 1.29 is 4.79 Å². The first-order valence-corrected chi connectivity index (χ1v) is 6.61. The fourth-order valence-electron chi connectivity index (χ4n) is 2.31. The minimum Gasteiger partial charge on any atom is -0.299 e. The Balaban J connectivity index is 2.30. The number of alkyl halides is 1. The number of ketones is 1. The SMILES string of the molecule is O=C1CCCCC1c1ccccc1CBr. The van der Waals surface area contributed by atoms with Gasteiger partial charge in [-0.15, -0.1) is 0 Å². The Morgan fingerprint density at radius 2 is 2.07 bits per heavy atom. The van der Waals surface area contributed by atoms with Gasteiger partial charge in [0.25, 0.3) is 0 Å². The molecular formula is C13H15BrO. The monoisotopic (exact) mass is 266 g/mol. The summed E-state index contributed by atoms with van der Waals surface area (Å²) in [5.74, 6) is 0.585. The zero-order chi connectivity index (χ0) is 10.7. The van der Waals surface area contributed by atoms with Crippen molar-refractivity contribution in [3.05, 3.63) is 35.4 Å². The minimum absolute atomic E-state index is 0.160. The highest BCUT2D eigenvalue weighted by Gasteiger charge is 2.25. The Bertz CT molecular complexity index is 359. The third-order valence-electron chi connectivity index (χ3n) is 3.13. The lowest BCUT2D eigenvalue weighted by atomic mass is 9.81. The molecule has 0 aliphatic heterocycles. The summed E-state index contributed by atoms with van der Waals surface area (Å²) in [6, 6.07) is 8.27. The summed E-state index contributed by atoms with van der Waals surface area (Å²) in [5, 5.41) is 0.840. The molecule has 2 heteroatoms. The van der Waals surface area contributed by atoms with Crippen LogP contribution in [0.3, 0.4) is 0 Å². The van der Waals surface area contributed by atoms with Crippen molar-refractivity contribution in [2.75, 3.05) is 0 Å². The molecule has 0 spiro atoms. The van der Waals surface area contributed by atoms with E-state index in [0.29, 0.717) is 5.78 Å². The van der Waals surface area contributed by atoms with Crippen LogP contribution in [0.5, 0.6) is 0 Å². The molecule has 1 saturated carbocycles. The molecule has 0 amide bonds. The van der Waals surface area contributed by atoms with Crippen LogP contribution >= 0.6 is 15.9 Å². The van der Waals surface area contributed by atoms with Gasteiger partial charge in [-0.2, -0.15) is 0 Å². The van der Waals surface area contributed by atoms with E-state index in [0.717, 1.165) is 24.6 Å². The molecule has 0 saturated heterocycles. The highest BCUT2D eigenvalue weighted by Crippen LogP contribution is 2.32. The molecular weight excluding hydrogens is 252 g/mol. The van der Waals surface area contributed by atoms with Gasteiger partial charge in [-0.1, -0.05) is 46.6 Å². The van der Waals surface area contributed by atoms with Gasteiger partial charge >= 0.3 is 0 Å². The topological polar surface area (TPSA) is 17.1 Å². The Morgan fingerprint density at radius 3 is 2.80 bits per heavy atom. The van der Waals surface area contributed by atoms with Crippen LogP contribution in [-0.4, -0.2) is 5.78 Å². The quantitative estimate of drug-likeness (QED) is 0.745. The second kappa shape index (κ2) is 4.93. The van der Waals surface area contributed by atoms with Gasteiger partial charge in [-0.3, -0.25) is 4.79 Å². The minimum atomic E-state index is 0.160. The fourth-order valence-corrected chi connectivity index (χ4v) is 2.82. The van der Waals surface area contributed by atoms with Crippen LogP contribution in [0.25, 0.3) is 0 Å². The summed E-state index contributed by atoms with van der Waals surface area (Å²) < 4.78 is 0. The third-order valence-corrected chi connectivity index (χ3v) is 3.73. The number of hydrogen-bond donors (Lipinski definition) is 0. The van der Waals surface area contributed by atoms with E-state index >= 15 is 0 Å². The van der Waals surface area contributed by atoms with E-state index in [1.165, 1.54) is 17.5 Å². The molecule has 1 unspecified atom stereocenters. The lowest BCUT2D eigenvalue weighted by Crippen LogP contribution is -2.18. The smallest absolute Gasteiger partial charge is 0.140 e. The molecule has 1 nitrogen and oxygen atoms in total. The summed E-state index contributed by atoms with van der Waals surface area (Å²) in [6.45, 7) is 0. The average Bonchev–Trinajstić information content (AvgIpc) is 2.30. The molecule has 0 bridgehead atoms. The second-order valence-corrected chi connectivity index (χ2v) is 4.66. The van der Waals surface area contributed by atoms with Crippen LogP contribution in [0.1, 0.15) is 42.7 Å². The molecule has 80 valence electrons. The van der Waals surface area contributed by atoms with E-state index < -0.39 is 0 Å². The van der Waals surface area contributed by atoms with Gasteiger partial charge in [0.2, 0.25) is 0 Å². The molecule has 2 rings (SSSR count). The van der Waals surface area contributed by atoms with Crippen LogP contribution < -0.4 is 0 Å². The molecule has 0 aromatic heterocycles. The molecule has 0 heterocycles. The Kier molecular flexibility index (Phi) is 3.57. The van der Waals surface area contributed by atoms with Crippen LogP contribution in [0.2, 0.25) is 0 Å². The molecule has 1 aromatic carbocycles. The Hall–Kier alpha value is -0.630. The van der Waals surface area contributed by atoms with E-state index in [9.17, 15) is 4.79 Å². The van der Waals surface area contributed by atoms with Crippen LogP contribution in [-0.2, 0) is 10.1 Å². The summed E-state index contributed by atoms with van der Waals surface area (Å²) in [4.78, 5) is 11.8. The van der Waals surface area contributed by atoms with Gasteiger partial charge in [-0.25, -0.2) is 0 Å². The van der Waals surface area contributed by atoms with Crippen molar-refractivity contribution in [3.8, 4) is 0 Å². The van der Waals surface area contributed by atoms with Crippen LogP contribution in [0, 0.1) is 0 Å². The third kappa shape index (κ3) is 2.31. The fraction of sp³-hybridized carbons (Fsp3) is 0.462. The highest BCUT2D eigenvalue weighted by molar-refractivity contribution is 9.08. The first-order valence-electron chi connectivity index (χ1n) is 5.49. The van der Waals surface area contributed by atoms with E-state index in [-0.39, 0.29) is 5.92 Å². The predicted octanol–water partition coefficient (Wildman–Crippen LogP) is 3.81. The number of Topliss-reactive ketones (excluding diaryl/α,β-unsaturated/α-hetero) is 1. The molecule has 0 N–H and O–H groups in total. The number of carbonyl (C=O) groups is 1. The van der Waals surface area contributed by atoms with Crippen molar-refractivity contribution >= 4 is 21.7 Å². The number of benzene rings is 1. The van der Waals surface area contributed by atoms with Crippen LogP contribution in [0.15, 0.2) is 24.3 Å². The zero-order valence-electron chi connectivity index (χ0n) is 8.71. The molecule has 1 atom stereocenters. The highest BCUT2D eigenvalue weighted by atomic mass is 79.9. The standard InChI is InChI=1S/C13H15BrO/c14-9-10-5-1-2-6-11(10)12-7-3-4-8-13(12)15/h1-2,5-6,12H,3-4,7-9H2. The largest absolute Gasteiger partial charge is 0.299 e. The van der Waals surface area contributed by atoms with Gasteiger partial charge in [-0.05, 0) is 24.0 Å². The number of carbonyl (C=O) groups excluding carboxylic acids is 1. The van der Waals surface area contributed by atoms with E-state index in [1.807, 2.05) is 12.1 Å². The lowest BCUT2D eigenvalue weighted by Gasteiger charge is -2.22. The van der Waals surface area contributed by atoms with E-state index in [1.54, 1.807) is 0 Å². The van der Waals surface area contributed by atoms with Gasteiger partial charge in [0.1, 0.15) is 5.78 Å². The number of halogens is 1. The van der Waals surface area contributed by atoms with Gasteiger partial charge in [0.05, 0.1) is 0 Å². The van der Waals surface area contributed by atoms with Gasteiger partial charge < -0.3 is 0 Å². The maximum atomic E-state index is 11.8. The molecule has 15 heavy (non-hydrogen) atoms. The van der Waals surface area contributed by atoms with Crippen molar-refractivity contribution in [1.29, 1.82) is 0 Å². The first kappa shape index (κ1) is 10.9. The molecule has 1 fully saturated rings. The molecule has 1 aliphatic carbocycles. The summed E-state index contributed by atoms with van der Waals surface area (Å²) >= 11 is 3.48. The van der Waals surface area contributed by atoms with Crippen molar-refractivity contribution in [2.45, 2.75) is 36.9 Å². The zero-order valence-corrected chi connectivity index (χ0v) is 10.3. The first-order chi connectivity index (χ1) is 7.33. The molecule has 1 aliphatic rings. The second-order valence-electron chi connectivity index (χ2n) is 4.10. The van der Waals surface area contributed by atoms with Gasteiger partial charge in [0, 0.05) is 17.7 Å². The van der Waals surface area contributed by atoms with Crippen molar-refractivity contribution in [1.82, 2.24) is 0 Å². The van der Waals surface area contributed by atoms with Crippen LogP contribution in [0.4, 0.5) is 0 Å². The maximum Gasteiger partial charge on any atom is 0.140 e.